The predicted molar refractivity (Wildman–Crippen MR) is 138 cm³/mol. The Morgan fingerprint density at radius 3 is 2.11 bits per heavy atom. The number of methoxy groups -OCH3 is 1. The first kappa shape index (κ1) is 25.3. The van der Waals surface area contributed by atoms with Crippen molar-refractivity contribution in [1.29, 1.82) is 0 Å². The molecule has 0 radical (unpaired) electrons. The van der Waals surface area contributed by atoms with E-state index in [0.717, 1.165) is 50.5 Å². The van der Waals surface area contributed by atoms with Gasteiger partial charge in [0.15, 0.2) is 11.5 Å². The Labute approximate surface area is 212 Å². The molecule has 35 heavy (non-hydrogen) atoms. The molecule has 0 spiro atoms. The number of esters is 1. The third kappa shape index (κ3) is 2.98. The third-order valence-electron chi connectivity index (χ3n) is 13.8. The zero-order valence-corrected chi connectivity index (χ0v) is 23.5. The van der Waals surface area contributed by atoms with E-state index in [-0.39, 0.29) is 50.0 Å². The molecule has 0 bridgehead atoms. The fourth-order valence-electron chi connectivity index (χ4n) is 11.0. The molecule has 1 N–H and O–H groups in total. The number of aliphatic hydroxyl groups is 1. The van der Waals surface area contributed by atoms with Gasteiger partial charge in [0, 0.05) is 6.42 Å². The molecule has 4 nitrogen and oxygen atoms in total. The van der Waals surface area contributed by atoms with Gasteiger partial charge >= 0.3 is 5.97 Å². The Balaban J connectivity index is 1.56. The largest absolute Gasteiger partial charge is 0.504 e. The normalized spacial score (nSPS) is 53.7. The van der Waals surface area contributed by atoms with Gasteiger partial charge in [-0.25, -0.2) is 0 Å². The van der Waals surface area contributed by atoms with Crippen molar-refractivity contribution < 1.29 is 19.4 Å². The third-order valence-corrected chi connectivity index (χ3v) is 13.8. The molecule has 9 unspecified atom stereocenters. The summed E-state index contributed by atoms with van der Waals surface area (Å²) < 4.78 is 5.30. The summed E-state index contributed by atoms with van der Waals surface area (Å²) in [5, 5.41) is 10.6. The van der Waals surface area contributed by atoms with E-state index in [1.54, 1.807) is 7.11 Å². The first-order valence-electron chi connectivity index (χ1n) is 14.1. The lowest BCUT2D eigenvalue weighted by atomic mass is 9.30. The molecule has 0 aliphatic heterocycles. The monoisotopic (exact) mass is 484 g/mol. The van der Waals surface area contributed by atoms with Crippen molar-refractivity contribution in [3.05, 3.63) is 11.3 Å². The van der Waals surface area contributed by atoms with Crippen LogP contribution in [0.25, 0.3) is 0 Å². The second-order valence-corrected chi connectivity index (χ2v) is 15.0. The second-order valence-electron chi connectivity index (χ2n) is 15.0. The molecule has 5 aliphatic carbocycles. The molecule has 4 fully saturated rings. The quantitative estimate of drug-likeness (QED) is 0.393. The average molecular weight is 485 g/mol. The van der Waals surface area contributed by atoms with Gasteiger partial charge in [0.1, 0.15) is 0 Å². The molecule has 0 aromatic heterocycles. The Hall–Kier alpha value is -1.32. The van der Waals surface area contributed by atoms with Gasteiger partial charge in [-0.2, -0.15) is 0 Å². The van der Waals surface area contributed by atoms with E-state index in [1.165, 1.54) is 12.8 Å². The number of ketones is 1. The minimum atomic E-state index is -0.388. The Morgan fingerprint density at radius 1 is 0.857 bits per heavy atom. The molecular formula is C31H48O4. The summed E-state index contributed by atoms with van der Waals surface area (Å²) in [4.78, 5) is 25.8. The zero-order chi connectivity index (χ0) is 25.8. The second kappa shape index (κ2) is 7.38. The number of Topliss-reactive ketones (excluding diaryl/α,β-unsaturated/α-hetero) is 1. The van der Waals surface area contributed by atoms with Crippen LogP contribution in [0.5, 0.6) is 0 Å². The number of carbonyl (C=O) groups is 2. The van der Waals surface area contributed by atoms with Gasteiger partial charge in [0.2, 0.25) is 0 Å². The molecule has 0 amide bonds. The lowest BCUT2D eigenvalue weighted by molar-refractivity contribution is -0.249. The highest BCUT2D eigenvalue weighted by molar-refractivity contribution is 5.95. The highest BCUT2D eigenvalue weighted by atomic mass is 16.5. The van der Waals surface area contributed by atoms with Crippen LogP contribution in [0.2, 0.25) is 0 Å². The van der Waals surface area contributed by atoms with E-state index < -0.39 is 0 Å². The molecule has 0 saturated heterocycles. The van der Waals surface area contributed by atoms with Crippen molar-refractivity contribution in [3.63, 3.8) is 0 Å². The van der Waals surface area contributed by atoms with E-state index in [2.05, 4.69) is 41.5 Å². The number of hydrogen-bond donors (Lipinski definition) is 1. The molecule has 4 saturated carbocycles. The SMILES string of the molecule is COC(=O)C1(C)CCC2(C)CCC3(C)C4CCC5(C)C(C)=C(O)C(=O)CC5C4(C)CCC3(C)C2C1. The van der Waals surface area contributed by atoms with E-state index in [1.807, 2.05) is 6.92 Å². The molecule has 0 heterocycles. The zero-order valence-electron chi connectivity index (χ0n) is 23.5. The first-order chi connectivity index (χ1) is 16.1. The van der Waals surface area contributed by atoms with Crippen LogP contribution < -0.4 is 0 Å². The molecule has 0 aromatic carbocycles. The molecule has 0 aromatic rings. The average Bonchev–Trinajstić information content (AvgIpc) is 2.81. The van der Waals surface area contributed by atoms with Gasteiger partial charge in [0.25, 0.3) is 0 Å². The van der Waals surface area contributed by atoms with Gasteiger partial charge < -0.3 is 9.84 Å². The minimum Gasteiger partial charge on any atom is -0.504 e. The van der Waals surface area contributed by atoms with Crippen molar-refractivity contribution in [2.75, 3.05) is 7.11 Å². The van der Waals surface area contributed by atoms with Gasteiger partial charge in [-0.15, -0.1) is 0 Å². The first-order valence-corrected chi connectivity index (χ1v) is 14.1. The highest BCUT2D eigenvalue weighted by Crippen LogP contribution is 2.78. The van der Waals surface area contributed by atoms with Crippen molar-refractivity contribution >= 4 is 11.8 Å². The summed E-state index contributed by atoms with van der Waals surface area (Å²) >= 11 is 0. The van der Waals surface area contributed by atoms with E-state index >= 15 is 0 Å². The maximum absolute atomic E-state index is 12.9. The number of fused-ring (bicyclic) bond motifs is 7. The summed E-state index contributed by atoms with van der Waals surface area (Å²) in [6, 6.07) is 0. The summed E-state index contributed by atoms with van der Waals surface area (Å²) in [5.74, 6) is 1.30. The van der Waals surface area contributed by atoms with E-state index in [0.29, 0.717) is 24.2 Å². The smallest absolute Gasteiger partial charge is 0.311 e. The summed E-state index contributed by atoms with van der Waals surface area (Å²) in [6.07, 6.45) is 10.4. The predicted octanol–water partition coefficient (Wildman–Crippen LogP) is 7.42. The number of allylic oxidation sites excluding steroid dienone is 2. The van der Waals surface area contributed by atoms with Crippen molar-refractivity contribution in [3.8, 4) is 0 Å². The van der Waals surface area contributed by atoms with Crippen LogP contribution in [0.3, 0.4) is 0 Å². The fourth-order valence-corrected chi connectivity index (χ4v) is 11.0. The van der Waals surface area contributed by atoms with Crippen LogP contribution in [-0.4, -0.2) is 24.0 Å². The van der Waals surface area contributed by atoms with Crippen LogP contribution in [-0.2, 0) is 14.3 Å². The molecule has 5 aliphatic rings. The Bertz CT molecular complexity index is 998. The van der Waals surface area contributed by atoms with Gasteiger partial charge in [-0.05, 0) is 122 Å². The van der Waals surface area contributed by atoms with Crippen LogP contribution in [0.1, 0.15) is 113 Å². The number of hydrogen-bond acceptors (Lipinski definition) is 4. The summed E-state index contributed by atoms with van der Waals surface area (Å²) in [5.41, 5.74) is 1.16. The molecular weight excluding hydrogens is 436 g/mol. The van der Waals surface area contributed by atoms with Crippen LogP contribution in [0, 0.1) is 50.2 Å². The number of aliphatic hydroxyl groups excluding tert-OH is 1. The standard InChI is InChI=1S/C31H48O4/c1-19-24(33)20(32)17-22-28(19,4)10-9-21-29(22,5)14-16-31(7)23-18-27(3,25(34)35-8)12-11-26(23,2)13-15-30(21,31)6/h21-23,33H,9-18H2,1-8H3. The number of carbonyl (C=O) groups excluding carboxylic acids is 2. The molecule has 4 heteroatoms. The van der Waals surface area contributed by atoms with E-state index in [9.17, 15) is 14.7 Å². The lowest BCUT2D eigenvalue weighted by Gasteiger charge is -2.74. The Morgan fingerprint density at radius 2 is 1.46 bits per heavy atom. The number of ether oxygens (including phenoxy) is 1. The van der Waals surface area contributed by atoms with Crippen LogP contribution >= 0.6 is 0 Å². The fraction of sp³-hybridized carbons (Fsp3) is 0.871. The Kier molecular flexibility index (Phi) is 5.34. The van der Waals surface area contributed by atoms with Crippen molar-refractivity contribution in [2.45, 2.75) is 113 Å². The van der Waals surface area contributed by atoms with E-state index in [4.69, 9.17) is 4.74 Å². The summed E-state index contributed by atoms with van der Waals surface area (Å²) in [7, 11) is 1.54. The van der Waals surface area contributed by atoms with Crippen molar-refractivity contribution in [1.82, 2.24) is 0 Å². The minimum absolute atomic E-state index is 0.0349. The van der Waals surface area contributed by atoms with Gasteiger partial charge in [-0.3, -0.25) is 9.59 Å². The molecule has 9 atom stereocenters. The van der Waals surface area contributed by atoms with Crippen LogP contribution in [0.15, 0.2) is 11.3 Å². The highest BCUT2D eigenvalue weighted by Gasteiger charge is 2.71. The lowest BCUT2D eigenvalue weighted by Crippen LogP contribution is -2.67. The molecule has 196 valence electrons. The number of rotatable bonds is 1. The van der Waals surface area contributed by atoms with Crippen LogP contribution in [0.4, 0.5) is 0 Å². The molecule has 5 rings (SSSR count). The van der Waals surface area contributed by atoms with Crippen molar-refractivity contribution in [2.24, 2.45) is 50.2 Å². The maximum atomic E-state index is 12.9. The van der Waals surface area contributed by atoms with Gasteiger partial charge in [0.05, 0.1) is 12.5 Å². The topological polar surface area (TPSA) is 63.6 Å². The van der Waals surface area contributed by atoms with Gasteiger partial charge in [-0.1, -0.05) is 34.6 Å². The maximum Gasteiger partial charge on any atom is 0.311 e. The summed E-state index contributed by atoms with van der Waals surface area (Å²) in [6.45, 7) is 16.6.